The fraction of sp³-hybridized carbons (Fsp3) is 0.219. The zero-order valence-electron chi connectivity index (χ0n) is 21.8. The Labute approximate surface area is 217 Å². The SMILES string of the molecule is COC(=O)c1c(C)ccc2cc(OC)c3c(c12)C=CC(c1ccc(OC)cc1)(c1ccc(OC)cc1)C3. The lowest BCUT2D eigenvalue weighted by molar-refractivity contribution is 0.0602. The fourth-order valence-corrected chi connectivity index (χ4v) is 5.46. The van der Waals surface area contributed by atoms with Crippen molar-refractivity contribution in [1.82, 2.24) is 0 Å². The molecular weight excluding hydrogens is 464 g/mol. The summed E-state index contributed by atoms with van der Waals surface area (Å²) in [5.41, 5.74) is 5.27. The molecule has 37 heavy (non-hydrogen) atoms. The van der Waals surface area contributed by atoms with E-state index in [2.05, 4.69) is 36.4 Å². The monoisotopic (exact) mass is 494 g/mol. The fourth-order valence-electron chi connectivity index (χ4n) is 5.46. The molecule has 0 aromatic heterocycles. The summed E-state index contributed by atoms with van der Waals surface area (Å²) in [6, 6.07) is 22.4. The molecule has 4 aromatic rings. The molecule has 0 saturated heterocycles. The quantitative estimate of drug-likeness (QED) is 0.286. The summed E-state index contributed by atoms with van der Waals surface area (Å²) in [6.45, 7) is 1.94. The van der Waals surface area contributed by atoms with Crippen molar-refractivity contribution in [1.29, 1.82) is 0 Å². The van der Waals surface area contributed by atoms with Gasteiger partial charge in [0.25, 0.3) is 0 Å². The zero-order valence-corrected chi connectivity index (χ0v) is 21.8. The van der Waals surface area contributed by atoms with Crippen LogP contribution < -0.4 is 14.2 Å². The molecule has 0 heterocycles. The third-order valence-corrected chi connectivity index (χ3v) is 7.43. The van der Waals surface area contributed by atoms with E-state index in [1.165, 1.54) is 7.11 Å². The Morgan fingerprint density at radius 1 is 0.784 bits per heavy atom. The van der Waals surface area contributed by atoms with Gasteiger partial charge in [-0.05, 0) is 71.3 Å². The predicted octanol–water partition coefficient (Wildman–Crippen LogP) is 6.52. The van der Waals surface area contributed by atoms with Crippen LogP contribution in [-0.2, 0) is 16.6 Å². The molecule has 4 aromatic carbocycles. The molecule has 0 radical (unpaired) electrons. The highest BCUT2D eigenvalue weighted by atomic mass is 16.5. The average Bonchev–Trinajstić information content (AvgIpc) is 2.96. The van der Waals surface area contributed by atoms with Crippen molar-refractivity contribution in [3.63, 3.8) is 0 Å². The number of benzene rings is 4. The first kappa shape index (κ1) is 24.4. The third-order valence-electron chi connectivity index (χ3n) is 7.43. The Hall–Kier alpha value is -4.25. The van der Waals surface area contributed by atoms with E-state index in [0.29, 0.717) is 12.0 Å². The molecule has 1 aliphatic rings. The highest BCUT2D eigenvalue weighted by Gasteiger charge is 2.37. The van der Waals surface area contributed by atoms with Crippen LogP contribution in [0.25, 0.3) is 16.8 Å². The minimum atomic E-state index is -0.470. The third kappa shape index (κ3) is 4.01. The number of hydrogen-bond acceptors (Lipinski definition) is 5. The molecule has 1 aliphatic carbocycles. The summed E-state index contributed by atoms with van der Waals surface area (Å²) in [6.07, 6.45) is 5.01. The zero-order chi connectivity index (χ0) is 26.2. The molecule has 0 spiro atoms. The van der Waals surface area contributed by atoms with E-state index in [4.69, 9.17) is 18.9 Å². The van der Waals surface area contributed by atoms with Gasteiger partial charge in [0.1, 0.15) is 17.2 Å². The van der Waals surface area contributed by atoms with Gasteiger partial charge in [0, 0.05) is 16.4 Å². The number of methoxy groups -OCH3 is 4. The lowest BCUT2D eigenvalue weighted by Crippen LogP contribution is -2.31. The molecule has 5 heteroatoms. The number of fused-ring (bicyclic) bond motifs is 3. The number of carbonyl (C=O) groups is 1. The van der Waals surface area contributed by atoms with E-state index in [1.54, 1.807) is 21.3 Å². The van der Waals surface area contributed by atoms with Gasteiger partial charge in [0.15, 0.2) is 0 Å². The topological polar surface area (TPSA) is 54.0 Å². The molecule has 0 bridgehead atoms. The van der Waals surface area contributed by atoms with Crippen molar-refractivity contribution in [2.75, 3.05) is 28.4 Å². The number of hydrogen-bond donors (Lipinski definition) is 0. The van der Waals surface area contributed by atoms with Crippen LogP contribution in [0.5, 0.6) is 17.2 Å². The molecule has 0 N–H and O–H groups in total. The van der Waals surface area contributed by atoms with E-state index >= 15 is 0 Å². The van der Waals surface area contributed by atoms with E-state index in [0.717, 1.165) is 55.8 Å². The van der Waals surface area contributed by atoms with Gasteiger partial charge < -0.3 is 18.9 Å². The smallest absolute Gasteiger partial charge is 0.338 e. The summed E-state index contributed by atoms with van der Waals surface area (Å²) in [5, 5.41) is 1.82. The second kappa shape index (κ2) is 9.66. The maximum atomic E-state index is 12.9. The van der Waals surface area contributed by atoms with Crippen LogP contribution in [0.4, 0.5) is 0 Å². The minimum Gasteiger partial charge on any atom is -0.497 e. The van der Waals surface area contributed by atoms with Gasteiger partial charge in [-0.15, -0.1) is 0 Å². The Kier molecular flexibility index (Phi) is 6.38. The molecule has 0 saturated carbocycles. The summed E-state index contributed by atoms with van der Waals surface area (Å²) in [4.78, 5) is 12.9. The lowest BCUT2D eigenvalue weighted by Gasteiger charge is -2.37. The lowest BCUT2D eigenvalue weighted by atomic mass is 9.66. The van der Waals surface area contributed by atoms with E-state index in [9.17, 15) is 4.79 Å². The van der Waals surface area contributed by atoms with Gasteiger partial charge >= 0.3 is 5.97 Å². The molecule has 5 rings (SSSR count). The van der Waals surface area contributed by atoms with Gasteiger partial charge in [-0.1, -0.05) is 48.6 Å². The summed E-state index contributed by atoms with van der Waals surface area (Å²) in [7, 11) is 6.45. The van der Waals surface area contributed by atoms with E-state index in [1.807, 2.05) is 49.4 Å². The van der Waals surface area contributed by atoms with Crippen molar-refractivity contribution >= 4 is 22.8 Å². The van der Waals surface area contributed by atoms with Crippen LogP contribution in [0.1, 0.15) is 38.2 Å². The van der Waals surface area contributed by atoms with Crippen molar-refractivity contribution in [3.8, 4) is 17.2 Å². The van der Waals surface area contributed by atoms with Gasteiger partial charge in [-0.2, -0.15) is 0 Å². The molecule has 0 atom stereocenters. The number of esters is 1. The van der Waals surface area contributed by atoms with Crippen molar-refractivity contribution in [3.05, 3.63) is 106 Å². The first-order valence-corrected chi connectivity index (χ1v) is 12.2. The predicted molar refractivity (Wildman–Crippen MR) is 146 cm³/mol. The molecule has 5 nitrogen and oxygen atoms in total. The molecule has 0 amide bonds. The Balaban J connectivity index is 1.80. The van der Waals surface area contributed by atoms with E-state index in [-0.39, 0.29) is 5.97 Å². The average molecular weight is 495 g/mol. The van der Waals surface area contributed by atoms with Gasteiger partial charge in [-0.25, -0.2) is 4.79 Å². The minimum absolute atomic E-state index is 0.342. The second-order valence-corrected chi connectivity index (χ2v) is 9.26. The summed E-state index contributed by atoms with van der Waals surface area (Å²) >= 11 is 0. The number of carbonyl (C=O) groups excluding carboxylic acids is 1. The van der Waals surface area contributed by atoms with Crippen molar-refractivity contribution < 1.29 is 23.7 Å². The van der Waals surface area contributed by atoms with Gasteiger partial charge in [0.05, 0.1) is 34.0 Å². The molecule has 188 valence electrons. The summed E-state index contributed by atoms with van der Waals surface area (Å²) < 4.78 is 22.0. The number of rotatable bonds is 6. The molecule has 0 fully saturated rings. The second-order valence-electron chi connectivity index (χ2n) is 9.26. The van der Waals surface area contributed by atoms with Crippen molar-refractivity contribution in [2.24, 2.45) is 0 Å². The van der Waals surface area contributed by atoms with Crippen LogP contribution >= 0.6 is 0 Å². The largest absolute Gasteiger partial charge is 0.497 e. The highest BCUT2D eigenvalue weighted by Crippen LogP contribution is 2.47. The molecular formula is C32H30O5. The van der Waals surface area contributed by atoms with Crippen LogP contribution in [-0.4, -0.2) is 34.4 Å². The standard InChI is InChI=1S/C32H30O5/c1-20-6-7-21-18-28(36-4)27-19-32(22-8-12-24(34-2)13-9-22,23-10-14-25(35-3)15-11-23)17-16-26(27)30(21)29(20)31(33)37-5/h6-18H,19H2,1-5H3. The van der Waals surface area contributed by atoms with Gasteiger partial charge in [-0.3, -0.25) is 0 Å². The summed E-state index contributed by atoms with van der Waals surface area (Å²) in [5.74, 6) is 2.05. The van der Waals surface area contributed by atoms with Crippen LogP contribution in [0.2, 0.25) is 0 Å². The normalized spacial score (nSPS) is 13.6. The molecule has 0 unspecified atom stereocenters. The van der Waals surface area contributed by atoms with E-state index < -0.39 is 5.41 Å². The number of aryl methyl sites for hydroxylation is 1. The number of allylic oxidation sites excluding steroid dienone is 1. The van der Waals surface area contributed by atoms with Crippen LogP contribution in [0.15, 0.2) is 72.8 Å². The van der Waals surface area contributed by atoms with Gasteiger partial charge in [0.2, 0.25) is 0 Å². The Morgan fingerprint density at radius 3 is 1.89 bits per heavy atom. The first-order valence-electron chi connectivity index (χ1n) is 12.2. The maximum Gasteiger partial charge on any atom is 0.338 e. The van der Waals surface area contributed by atoms with Crippen molar-refractivity contribution in [2.45, 2.75) is 18.8 Å². The number of ether oxygens (including phenoxy) is 4. The highest BCUT2D eigenvalue weighted by molar-refractivity contribution is 6.10. The maximum absolute atomic E-state index is 12.9. The Morgan fingerprint density at radius 2 is 1.38 bits per heavy atom. The Bertz CT molecular complexity index is 1450. The first-order chi connectivity index (χ1) is 17.9. The molecule has 0 aliphatic heterocycles. The van der Waals surface area contributed by atoms with Crippen LogP contribution in [0.3, 0.4) is 0 Å². The van der Waals surface area contributed by atoms with Crippen LogP contribution in [0, 0.1) is 6.92 Å².